The van der Waals surface area contributed by atoms with Gasteiger partial charge in [-0.05, 0) is 43.7 Å². The molecule has 1 aromatic carbocycles. The maximum atomic E-state index is 14.8. The second-order valence-corrected chi connectivity index (χ2v) is 9.08. The maximum absolute atomic E-state index is 14.8. The van der Waals surface area contributed by atoms with Crippen molar-refractivity contribution in [2.24, 2.45) is 0 Å². The van der Waals surface area contributed by atoms with Crippen molar-refractivity contribution in [1.29, 1.82) is 0 Å². The van der Waals surface area contributed by atoms with E-state index in [0.717, 1.165) is 11.1 Å². The number of anilines is 1. The summed E-state index contributed by atoms with van der Waals surface area (Å²) in [6.45, 7) is 3.48. The van der Waals surface area contributed by atoms with Gasteiger partial charge in [0.05, 0.1) is 24.3 Å². The van der Waals surface area contributed by atoms with Crippen molar-refractivity contribution in [3.05, 3.63) is 60.3 Å². The van der Waals surface area contributed by atoms with Crippen molar-refractivity contribution in [2.75, 3.05) is 19.0 Å². The van der Waals surface area contributed by atoms with Crippen molar-refractivity contribution in [1.82, 2.24) is 24.9 Å². The predicted octanol–water partition coefficient (Wildman–Crippen LogP) is 5.17. The minimum absolute atomic E-state index is 0.110. The fraction of sp³-hybridized carbons (Fsp3) is 0.200. The van der Waals surface area contributed by atoms with E-state index in [-0.39, 0.29) is 12.5 Å². The number of carbonyl (C=O) groups is 1. The van der Waals surface area contributed by atoms with Crippen LogP contribution in [0.4, 0.5) is 14.9 Å². The Hall–Kier alpha value is -4.45. The van der Waals surface area contributed by atoms with E-state index < -0.39 is 18.0 Å². The minimum atomic E-state index is -0.670. The van der Waals surface area contributed by atoms with E-state index in [1.807, 2.05) is 19.1 Å². The fourth-order valence-electron chi connectivity index (χ4n) is 3.54. The average molecular weight is 521 g/mol. The van der Waals surface area contributed by atoms with Crippen molar-refractivity contribution < 1.29 is 23.4 Å². The first-order chi connectivity index (χ1) is 17.9. The van der Waals surface area contributed by atoms with Crippen LogP contribution in [0.2, 0.25) is 0 Å². The van der Waals surface area contributed by atoms with Gasteiger partial charge in [-0.25, -0.2) is 24.1 Å². The highest BCUT2D eigenvalue weighted by Crippen LogP contribution is 2.35. The number of methoxy groups -OCH3 is 1. The number of halogens is 1. The van der Waals surface area contributed by atoms with E-state index in [4.69, 9.17) is 14.2 Å². The third kappa shape index (κ3) is 5.38. The SMILES string of the molecule is COc1cnc2c(-c3nc4cc(F)c(O[C@@H](C)COC(=O)Nc5ccncc5)nc4s3)cc(C)cc2n1. The van der Waals surface area contributed by atoms with E-state index in [1.165, 1.54) is 24.5 Å². The van der Waals surface area contributed by atoms with Crippen LogP contribution >= 0.6 is 11.3 Å². The quantitative estimate of drug-likeness (QED) is 0.310. The first kappa shape index (κ1) is 24.3. The summed E-state index contributed by atoms with van der Waals surface area (Å²) in [4.78, 5) is 34.2. The van der Waals surface area contributed by atoms with Crippen LogP contribution in [0.5, 0.6) is 11.8 Å². The van der Waals surface area contributed by atoms with Gasteiger partial charge in [-0.3, -0.25) is 10.3 Å². The Morgan fingerprint density at radius 3 is 2.73 bits per heavy atom. The predicted molar refractivity (Wildman–Crippen MR) is 136 cm³/mol. The summed E-state index contributed by atoms with van der Waals surface area (Å²) in [6.07, 6.45) is 3.31. The highest BCUT2D eigenvalue weighted by atomic mass is 32.1. The molecule has 1 N–H and O–H groups in total. The number of amides is 1. The molecule has 5 rings (SSSR count). The molecule has 0 fully saturated rings. The summed E-state index contributed by atoms with van der Waals surface area (Å²) in [5.41, 5.74) is 3.98. The van der Waals surface area contributed by atoms with E-state index >= 15 is 0 Å². The normalized spacial score (nSPS) is 11.9. The van der Waals surface area contributed by atoms with E-state index in [9.17, 15) is 9.18 Å². The van der Waals surface area contributed by atoms with Crippen molar-refractivity contribution >= 4 is 44.5 Å². The molecule has 0 saturated carbocycles. The van der Waals surface area contributed by atoms with Gasteiger partial charge in [-0.1, -0.05) is 11.3 Å². The highest BCUT2D eigenvalue weighted by molar-refractivity contribution is 7.21. The number of hydrogen-bond donors (Lipinski definition) is 1. The maximum Gasteiger partial charge on any atom is 0.411 e. The molecule has 4 aromatic heterocycles. The Morgan fingerprint density at radius 1 is 1.14 bits per heavy atom. The zero-order chi connectivity index (χ0) is 25.9. The Kier molecular flexibility index (Phi) is 6.73. The molecule has 1 amide bonds. The molecule has 0 radical (unpaired) electrons. The van der Waals surface area contributed by atoms with E-state index in [1.54, 1.807) is 37.6 Å². The molecule has 10 nitrogen and oxygen atoms in total. The second-order valence-electron chi connectivity index (χ2n) is 8.10. The van der Waals surface area contributed by atoms with Gasteiger partial charge in [0.1, 0.15) is 28.1 Å². The van der Waals surface area contributed by atoms with E-state index in [0.29, 0.717) is 38.0 Å². The number of benzene rings is 1. The van der Waals surface area contributed by atoms with E-state index in [2.05, 4.69) is 30.2 Å². The smallest absolute Gasteiger partial charge is 0.411 e. The van der Waals surface area contributed by atoms with Crippen LogP contribution < -0.4 is 14.8 Å². The van der Waals surface area contributed by atoms with Crippen LogP contribution in [-0.4, -0.2) is 50.8 Å². The first-order valence-electron chi connectivity index (χ1n) is 11.2. The number of nitrogens with zero attached hydrogens (tertiary/aromatic N) is 5. The molecule has 0 aliphatic carbocycles. The van der Waals surface area contributed by atoms with Crippen molar-refractivity contribution in [2.45, 2.75) is 20.0 Å². The molecule has 0 bridgehead atoms. The molecule has 4 heterocycles. The lowest BCUT2D eigenvalue weighted by molar-refractivity contribution is 0.0941. The number of ether oxygens (including phenoxy) is 3. The summed E-state index contributed by atoms with van der Waals surface area (Å²) in [6, 6.07) is 8.38. The van der Waals surface area contributed by atoms with Crippen LogP contribution in [0.25, 0.3) is 32.0 Å². The zero-order valence-corrected chi connectivity index (χ0v) is 20.9. The molecule has 188 valence electrons. The zero-order valence-electron chi connectivity index (χ0n) is 20.1. The van der Waals surface area contributed by atoms with Gasteiger partial charge in [0.25, 0.3) is 5.88 Å². The molecule has 0 spiro atoms. The number of hydrogen-bond acceptors (Lipinski definition) is 10. The number of aryl methyl sites for hydroxylation is 1. The van der Waals surface area contributed by atoms with Crippen LogP contribution in [0.15, 0.2) is 48.9 Å². The highest BCUT2D eigenvalue weighted by Gasteiger charge is 2.18. The third-order valence-corrected chi connectivity index (χ3v) is 6.20. The molecule has 0 aliphatic heterocycles. The molecule has 1 atom stereocenters. The number of carbonyl (C=O) groups excluding carboxylic acids is 1. The van der Waals surface area contributed by atoms with Gasteiger partial charge in [-0.15, -0.1) is 0 Å². The van der Waals surface area contributed by atoms with Gasteiger partial charge in [0, 0.05) is 29.7 Å². The summed E-state index contributed by atoms with van der Waals surface area (Å²) in [5, 5.41) is 3.19. The van der Waals surface area contributed by atoms with Crippen LogP contribution in [0.3, 0.4) is 0 Å². The molecule has 0 unspecified atom stereocenters. The third-order valence-electron chi connectivity index (χ3n) is 5.20. The number of fused-ring (bicyclic) bond motifs is 2. The summed E-state index contributed by atoms with van der Waals surface area (Å²) in [7, 11) is 1.53. The lowest BCUT2D eigenvalue weighted by Crippen LogP contribution is -2.24. The number of rotatable bonds is 7. The number of nitrogens with one attached hydrogen (secondary N) is 1. The van der Waals surface area contributed by atoms with Gasteiger partial charge in [0.2, 0.25) is 5.88 Å². The molecule has 0 saturated heterocycles. The second kappa shape index (κ2) is 10.3. The fourth-order valence-corrected chi connectivity index (χ4v) is 4.47. The molecular formula is C25H21FN6O4S. The minimum Gasteiger partial charge on any atom is -0.480 e. The number of pyridine rings is 2. The summed E-state index contributed by atoms with van der Waals surface area (Å²) in [5.74, 6) is -0.463. The van der Waals surface area contributed by atoms with Gasteiger partial charge in [0.15, 0.2) is 5.82 Å². The number of thiazole rings is 1. The van der Waals surface area contributed by atoms with Crippen LogP contribution in [0.1, 0.15) is 12.5 Å². The topological polar surface area (TPSA) is 121 Å². The van der Waals surface area contributed by atoms with Gasteiger partial charge < -0.3 is 14.2 Å². The van der Waals surface area contributed by atoms with Gasteiger partial charge in [-0.2, -0.15) is 4.98 Å². The Bertz CT molecular complexity index is 1600. The first-order valence-corrected chi connectivity index (χ1v) is 12.0. The lowest BCUT2D eigenvalue weighted by Gasteiger charge is -2.14. The van der Waals surface area contributed by atoms with Crippen LogP contribution in [0, 0.1) is 12.7 Å². The summed E-state index contributed by atoms with van der Waals surface area (Å²) < 4.78 is 30.8. The lowest BCUT2D eigenvalue weighted by atomic mass is 10.1. The van der Waals surface area contributed by atoms with Crippen LogP contribution in [-0.2, 0) is 4.74 Å². The number of aromatic nitrogens is 5. The van der Waals surface area contributed by atoms with Gasteiger partial charge >= 0.3 is 6.09 Å². The monoisotopic (exact) mass is 520 g/mol. The summed E-state index contributed by atoms with van der Waals surface area (Å²) >= 11 is 1.28. The Balaban J connectivity index is 1.34. The van der Waals surface area contributed by atoms with Crippen molar-refractivity contribution in [3.63, 3.8) is 0 Å². The molecule has 12 heteroatoms. The molecule has 37 heavy (non-hydrogen) atoms. The Labute approximate surface area is 214 Å². The molecule has 0 aliphatic rings. The van der Waals surface area contributed by atoms with Crippen molar-refractivity contribution in [3.8, 4) is 22.3 Å². The largest absolute Gasteiger partial charge is 0.480 e. The standard InChI is InChI=1S/C25H21FN6O4S/c1-13-8-16(21-18(9-13)30-20(34-3)11-28-21)23-31-19-10-17(26)22(32-24(19)37-23)36-14(2)12-35-25(33)29-15-4-6-27-7-5-15/h4-11,14H,12H2,1-3H3,(H,27,29,33)/t14-/m0/s1. The Morgan fingerprint density at radius 2 is 1.95 bits per heavy atom. The average Bonchev–Trinajstić information content (AvgIpc) is 3.29. The molecule has 5 aromatic rings. The molecular weight excluding hydrogens is 499 g/mol.